The number of methoxy groups -OCH3 is 2. The minimum atomic E-state index is -1.84. The summed E-state index contributed by atoms with van der Waals surface area (Å²) >= 11 is 0. The summed E-state index contributed by atoms with van der Waals surface area (Å²) < 4.78 is 22.8. The summed E-state index contributed by atoms with van der Waals surface area (Å²) in [7, 11) is 1.45. The zero-order valence-electron chi connectivity index (χ0n) is 24.1. The number of aliphatic hydroxyl groups is 2. The number of rotatable bonds is 15. The lowest BCUT2D eigenvalue weighted by Crippen LogP contribution is -2.40. The van der Waals surface area contributed by atoms with Crippen LogP contribution in [0.3, 0.4) is 0 Å². The third kappa shape index (κ3) is 10.5. The normalized spacial score (nSPS) is 17.0. The average molecular weight is 523 g/mol. The molecule has 0 heterocycles. The summed E-state index contributed by atoms with van der Waals surface area (Å²) in [5.41, 5.74) is 2.87. The van der Waals surface area contributed by atoms with Crippen molar-refractivity contribution in [2.75, 3.05) is 27.4 Å². The first kappa shape index (κ1) is 32.5. The van der Waals surface area contributed by atoms with E-state index in [1.165, 1.54) is 0 Å². The standard InChI is InChI=1S/C29H50O6Si/c1-21(16-18-35-36(9,10)29(4,5)6)26(30)19-27(31)23(3)28(33-8)22(2)15-17-34-20-24-11-13-25(32-7)14-12-24/h11-16,23,26-28,30-31H,17-20H2,1-10H3/b21-16+,22-15+/t23-,26+,27+,28+/m1/s1. The van der Waals surface area contributed by atoms with Crippen LogP contribution in [-0.4, -0.2) is 64.3 Å². The van der Waals surface area contributed by atoms with E-state index in [1.54, 1.807) is 14.2 Å². The van der Waals surface area contributed by atoms with Crippen molar-refractivity contribution in [3.63, 3.8) is 0 Å². The highest BCUT2D eigenvalue weighted by atomic mass is 28.4. The van der Waals surface area contributed by atoms with Gasteiger partial charge in [0.1, 0.15) is 5.75 Å². The van der Waals surface area contributed by atoms with Crippen LogP contribution in [0.1, 0.15) is 53.5 Å². The Kier molecular flexibility index (Phi) is 13.6. The third-order valence-electron chi connectivity index (χ3n) is 7.38. The van der Waals surface area contributed by atoms with Gasteiger partial charge in [0.25, 0.3) is 0 Å². The Bertz CT molecular complexity index is 825. The smallest absolute Gasteiger partial charge is 0.192 e. The molecule has 0 spiro atoms. The quantitative estimate of drug-likeness (QED) is 0.170. The van der Waals surface area contributed by atoms with E-state index < -0.39 is 20.5 Å². The molecule has 0 amide bonds. The summed E-state index contributed by atoms with van der Waals surface area (Å²) in [6.07, 6.45) is 2.42. The zero-order chi connectivity index (χ0) is 27.5. The van der Waals surface area contributed by atoms with E-state index in [2.05, 4.69) is 33.9 Å². The molecule has 36 heavy (non-hydrogen) atoms. The van der Waals surface area contributed by atoms with Gasteiger partial charge in [-0.1, -0.05) is 52.0 Å². The SMILES string of the molecule is COc1ccc(COC/C=C(\C)[C@H](OC)[C@H](C)[C@@H](O)C[C@H](O)/C(C)=C/CO[Si](C)(C)C(C)(C)C)cc1. The summed E-state index contributed by atoms with van der Waals surface area (Å²) in [4.78, 5) is 0. The van der Waals surface area contributed by atoms with Crippen molar-refractivity contribution in [1.82, 2.24) is 0 Å². The maximum absolute atomic E-state index is 10.9. The van der Waals surface area contributed by atoms with Gasteiger partial charge in [0, 0.05) is 19.4 Å². The van der Waals surface area contributed by atoms with Gasteiger partial charge in [-0.15, -0.1) is 0 Å². The molecule has 0 unspecified atom stereocenters. The Hall–Kier alpha value is -1.48. The second kappa shape index (κ2) is 15.1. The van der Waals surface area contributed by atoms with Crippen LogP contribution in [0.15, 0.2) is 47.6 Å². The largest absolute Gasteiger partial charge is 0.497 e. The van der Waals surface area contributed by atoms with Crippen LogP contribution in [-0.2, 0) is 20.5 Å². The average Bonchev–Trinajstić information content (AvgIpc) is 2.81. The van der Waals surface area contributed by atoms with Crippen molar-refractivity contribution in [2.45, 2.75) is 91.0 Å². The second-order valence-electron chi connectivity index (χ2n) is 11.2. The van der Waals surface area contributed by atoms with Crippen molar-refractivity contribution < 1.29 is 28.8 Å². The predicted octanol–water partition coefficient (Wildman–Crippen LogP) is 5.89. The van der Waals surface area contributed by atoms with Crippen LogP contribution in [0.5, 0.6) is 5.75 Å². The summed E-state index contributed by atoms with van der Waals surface area (Å²) in [5.74, 6) is 0.624. The lowest BCUT2D eigenvalue weighted by molar-refractivity contribution is -0.00581. The molecule has 206 valence electrons. The first-order valence-corrected chi connectivity index (χ1v) is 15.7. The van der Waals surface area contributed by atoms with Crippen molar-refractivity contribution in [3.05, 3.63) is 53.1 Å². The fourth-order valence-corrected chi connectivity index (χ4v) is 4.52. The molecule has 4 atom stereocenters. The van der Waals surface area contributed by atoms with Gasteiger partial charge < -0.3 is 28.8 Å². The van der Waals surface area contributed by atoms with Crippen LogP contribution in [0.4, 0.5) is 0 Å². The molecular weight excluding hydrogens is 472 g/mol. The van der Waals surface area contributed by atoms with Crippen LogP contribution in [0.25, 0.3) is 0 Å². The van der Waals surface area contributed by atoms with E-state index in [4.69, 9.17) is 18.6 Å². The van der Waals surface area contributed by atoms with E-state index in [0.29, 0.717) is 19.8 Å². The summed E-state index contributed by atoms with van der Waals surface area (Å²) in [6, 6.07) is 7.78. The second-order valence-corrected chi connectivity index (χ2v) is 16.0. The Balaban J connectivity index is 2.59. The number of ether oxygens (including phenoxy) is 3. The van der Waals surface area contributed by atoms with E-state index in [0.717, 1.165) is 22.5 Å². The molecule has 0 aliphatic carbocycles. The minimum absolute atomic E-state index is 0.139. The molecule has 0 aliphatic heterocycles. The lowest BCUT2D eigenvalue weighted by atomic mass is 9.88. The van der Waals surface area contributed by atoms with Gasteiger partial charge in [0.2, 0.25) is 0 Å². The Morgan fingerprint density at radius 3 is 2.08 bits per heavy atom. The summed E-state index contributed by atoms with van der Waals surface area (Å²) in [5, 5.41) is 21.7. The van der Waals surface area contributed by atoms with Gasteiger partial charge >= 0.3 is 0 Å². The maximum Gasteiger partial charge on any atom is 0.192 e. The van der Waals surface area contributed by atoms with Gasteiger partial charge in [-0.05, 0) is 60.8 Å². The molecular formula is C29H50O6Si. The third-order valence-corrected chi connectivity index (χ3v) is 11.9. The lowest BCUT2D eigenvalue weighted by Gasteiger charge is -2.35. The molecule has 7 heteroatoms. The highest BCUT2D eigenvalue weighted by molar-refractivity contribution is 6.74. The van der Waals surface area contributed by atoms with Gasteiger partial charge in [-0.3, -0.25) is 0 Å². The fraction of sp³-hybridized carbons (Fsp3) is 0.655. The van der Waals surface area contributed by atoms with Crippen molar-refractivity contribution in [2.24, 2.45) is 5.92 Å². The van der Waals surface area contributed by atoms with E-state index in [1.807, 2.05) is 57.2 Å². The molecule has 6 nitrogen and oxygen atoms in total. The molecule has 0 radical (unpaired) electrons. The first-order chi connectivity index (χ1) is 16.7. The molecule has 1 rings (SSSR count). The molecule has 0 fully saturated rings. The minimum Gasteiger partial charge on any atom is -0.497 e. The summed E-state index contributed by atoms with van der Waals surface area (Å²) in [6.45, 7) is 18.3. The van der Waals surface area contributed by atoms with Crippen molar-refractivity contribution >= 4 is 8.32 Å². The van der Waals surface area contributed by atoms with Gasteiger partial charge in [-0.2, -0.15) is 0 Å². The van der Waals surface area contributed by atoms with Crippen molar-refractivity contribution in [3.8, 4) is 5.75 Å². The van der Waals surface area contributed by atoms with Gasteiger partial charge in [0.05, 0.1) is 45.2 Å². The van der Waals surface area contributed by atoms with Crippen LogP contribution >= 0.6 is 0 Å². The topological polar surface area (TPSA) is 77.4 Å². The molecule has 0 aliphatic rings. The van der Waals surface area contributed by atoms with E-state index in [-0.39, 0.29) is 23.5 Å². The van der Waals surface area contributed by atoms with Crippen LogP contribution < -0.4 is 4.74 Å². The van der Waals surface area contributed by atoms with Gasteiger partial charge in [0.15, 0.2) is 8.32 Å². The highest BCUT2D eigenvalue weighted by Gasteiger charge is 2.36. The number of benzene rings is 1. The fourth-order valence-electron chi connectivity index (χ4n) is 3.59. The van der Waals surface area contributed by atoms with E-state index >= 15 is 0 Å². The van der Waals surface area contributed by atoms with Gasteiger partial charge in [-0.25, -0.2) is 0 Å². The first-order valence-electron chi connectivity index (χ1n) is 12.8. The Morgan fingerprint density at radius 1 is 0.972 bits per heavy atom. The van der Waals surface area contributed by atoms with E-state index in [9.17, 15) is 10.2 Å². The Labute approximate surface area is 220 Å². The molecule has 0 bridgehead atoms. The van der Waals surface area contributed by atoms with Crippen LogP contribution in [0.2, 0.25) is 18.1 Å². The number of aliphatic hydroxyl groups excluding tert-OH is 2. The highest BCUT2D eigenvalue weighted by Crippen LogP contribution is 2.36. The molecule has 0 saturated heterocycles. The molecule has 2 N–H and O–H groups in total. The van der Waals surface area contributed by atoms with Crippen molar-refractivity contribution in [1.29, 1.82) is 0 Å². The molecule has 0 aromatic heterocycles. The monoisotopic (exact) mass is 522 g/mol. The molecule has 1 aromatic carbocycles. The number of hydrogen-bond donors (Lipinski definition) is 2. The maximum atomic E-state index is 10.9. The number of hydrogen-bond acceptors (Lipinski definition) is 6. The Morgan fingerprint density at radius 2 is 1.56 bits per heavy atom. The predicted molar refractivity (Wildman–Crippen MR) is 150 cm³/mol. The molecule has 1 aromatic rings. The molecule has 0 saturated carbocycles. The zero-order valence-corrected chi connectivity index (χ0v) is 25.1. The van der Waals surface area contributed by atoms with Crippen LogP contribution in [0, 0.1) is 5.92 Å².